The number of nitrogens with two attached hydrogens (primary N) is 1. The highest BCUT2D eigenvalue weighted by atomic mass is 32.2. The van der Waals surface area contributed by atoms with E-state index in [1.807, 2.05) is 0 Å². The van der Waals surface area contributed by atoms with Crippen molar-refractivity contribution < 1.29 is 5.21 Å². The summed E-state index contributed by atoms with van der Waals surface area (Å²) < 4.78 is 0.788. The van der Waals surface area contributed by atoms with Gasteiger partial charge in [-0.3, -0.25) is 0 Å². The van der Waals surface area contributed by atoms with Crippen molar-refractivity contribution in [3.05, 3.63) is 0 Å². The fourth-order valence-electron chi connectivity index (χ4n) is 0.534. The van der Waals surface area contributed by atoms with E-state index in [1.54, 1.807) is 7.05 Å². The van der Waals surface area contributed by atoms with Crippen LogP contribution in [0.4, 0.5) is 5.13 Å². The van der Waals surface area contributed by atoms with Gasteiger partial charge in [-0.1, -0.05) is 28.3 Å². The smallest absolute Gasteiger partial charge is 0.206 e. The van der Waals surface area contributed by atoms with Crippen molar-refractivity contribution in [2.24, 2.45) is 10.9 Å². The summed E-state index contributed by atoms with van der Waals surface area (Å²) in [5.74, 6) is 0.584. The Morgan fingerprint density at radius 2 is 2.54 bits per heavy atom. The van der Waals surface area contributed by atoms with E-state index in [1.165, 1.54) is 23.1 Å². The molecule has 0 saturated heterocycles. The lowest BCUT2D eigenvalue weighted by Crippen LogP contribution is -2.13. The second-order valence-corrected chi connectivity index (χ2v) is 4.20. The number of rotatable bonds is 4. The van der Waals surface area contributed by atoms with Crippen LogP contribution in [-0.2, 0) is 0 Å². The first kappa shape index (κ1) is 10.1. The molecule has 0 aliphatic rings. The van der Waals surface area contributed by atoms with Crippen LogP contribution in [0.25, 0.3) is 0 Å². The van der Waals surface area contributed by atoms with Gasteiger partial charge in [-0.25, -0.2) is 0 Å². The fraction of sp³-hybridized carbons (Fsp3) is 0.400. The molecule has 0 aliphatic carbocycles. The third kappa shape index (κ3) is 3.07. The molecule has 0 fully saturated rings. The van der Waals surface area contributed by atoms with Crippen LogP contribution in [-0.4, -0.2) is 34.0 Å². The predicted molar refractivity (Wildman–Crippen MR) is 53.6 cm³/mol. The maximum atomic E-state index is 8.27. The van der Waals surface area contributed by atoms with Crippen molar-refractivity contribution in [3.63, 3.8) is 0 Å². The molecule has 13 heavy (non-hydrogen) atoms. The van der Waals surface area contributed by atoms with Crippen molar-refractivity contribution in [2.75, 3.05) is 18.1 Å². The van der Waals surface area contributed by atoms with Crippen LogP contribution in [0.3, 0.4) is 0 Å². The lowest BCUT2D eigenvalue weighted by Gasteiger charge is -1.92. The average molecular weight is 219 g/mol. The zero-order valence-corrected chi connectivity index (χ0v) is 8.52. The minimum absolute atomic E-state index is 0.172. The number of amidine groups is 1. The van der Waals surface area contributed by atoms with Crippen molar-refractivity contribution in [3.8, 4) is 0 Å². The minimum Gasteiger partial charge on any atom is -0.409 e. The molecule has 0 unspecified atom stereocenters. The van der Waals surface area contributed by atoms with E-state index in [-0.39, 0.29) is 5.84 Å². The highest BCUT2D eigenvalue weighted by Crippen LogP contribution is 2.24. The summed E-state index contributed by atoms with van der Waals surface area (Å²) in [4.78, 5) is 0. The summed E-state index contributed by atoms with van der Waals surface area (Å²) in [6.07, 6.45) is 0. The van der Waals surface area contributed by atoms with Gasteiger partial charge in [-0.05, 0) is 0 Å². The van der Waals surface area contributed by atoms with Gasteiger partial charge in [0.1, 0.15) is 5.84 Å². The summed E-state index contributed by atoms with van der Waals surface area (Å²) in [5, 5.41) is 22.4. The van der Waals surface area contributed by atoms with Gasteiger partial charge in [0.2, 0.25) is 5.13 Å². The Kier molecular flexibility index (Phi) is 3.77. The molecule has 1 rings (SSSR count). The van der Waals surface area contributed by atoms with Crippen molar-refractivity contribution in [1.29, 1.82) is 0 Å². The Balaban J connectivity index is 2.45. The van der Waals surface area contributed by atoms with E-state index in [4.69, 9.17) is 10.9 Å². The first-order chi connectivity index (χ1) is 6.26. The second kappa shape index (κ2) is 4.87. The lowest BCUT2D eigenvalue weighted by molar-refractivity contribution is 0.318. The molecule has 0 atom stereocenters. The topological polar surface area (TPSA) is 96.4 Å². The van der Waals surface area contributed by atoms with Gasteiger partial charge in [-0.2, -0.15) is 0 Å². The number of thioether (sulfide) groups is 1. The molecule has 1 aromatic rings. The fourth-order valence-corrected chi connectivity index (χ4v) is 2.04. The molecular formula is C5H9N5OS2. The van der Waals surface area contributed by atoms with Gasteiger partial charge in [0.25, 0.3) is 0 Å². The van der Waals surface area contributed by atoms with Crippen molar-refractivity contribution in [2.45, 2.75) is 4.34 Å². The summed E-state index contributed by atoms with van der Waals surface area (Å²) in [6.45, 7) is 0. The Bertz CT molecular complexity index is 299. The zero-order valence-electron chi connectivity index (χ0n) is 6.89. The standard InChI is InChI=1S/C5H9N5OS2/c1-7-4-8-9-5(13-4)12-2-3(6)10-11/h11H,2H2,1H3,(H2,6,10)(H,7,8). The van der Waals surface area contributed by atoms with E-state index in [9.17, 15) is 0 Å². The Morgan fingerprint density at radius 1 is 1.77 bits per heavy atom. The number of oxime groups is 1. The van der Waals surface area contributed by atoms with E-state index >= 15 is 0 Å². The molecule has 0 saturated carbocycles. The van der Waals surface area contributed by atoms with Gasteiger partial charge in [0.05, 0.1) is 5.75 Å². The molecule has 8 heteroatoms. The van der Waals surface area contributed by atoms with Crippen LogP contribution in [0, 0.1) is 0 Å². The van der Waals surface area contributed by atoms with Gasteiger partial charge in [-0.15, -0.1) is 10.2 Å². The van der Waals surface area contributed by atoms with Crippen LogP contribution in [0.5, 0.6) is 0 Å². The third-order valence-corrected chi connectivity index (χ3v) is 3.20. The molecular weight excluding hydrogens is 210 g/mol. The number of hydrogen-bond donors (Lipinski definition) is 3. The monoisotopic (exact) mass is 219 g/mol. The predicted octanol–water partition coefficient (Wildman–Crippen LogP) is 0.418. The minimum atomic E-state index is 0.172. The van der Waals surface area contributed by atoms with E-state index < -0.39 is 0 Å². The molecule has 0 aromatic carbocycles. The molecule has 0 aliphatic heterocycles. The first-order valence-electron chi connectivity index (χ1n) is 3.36. The highest BCUT2D eigenvalue weighted by molar-refractivity contribution is 8.01. The number of hydrogen-bond acceptors (Lipinski definition) is 7. The molecule has 6 nitrogen and oxygen atoms in total. The summed E-state index contributed by atoms with van der Waals surface area (Å²) in [6, 6.07) is 0. The summed E-state index contributed by atoms with van der Waals surface area (Å²) in [5.41, 5.74) is 5.28. The van der Waals surface area contributed by atoms with E-state index in [2.05, 4.69) is 20.7 Å². The van der Waals surface area contributed by atoms with Gasteiger partial charge in [0.15, 0.2) is 4.34 Å². The summed E-state index contributed by atoms with van der Waals surface area (Å²) in [7, 11) is 1.78. The lowest BCUT2D eigenvalue weighted by atomic mass is 10.7. The van der Waals surface area contributed by atoms with Gasteiger partial charge in [0, 0.05) is 7.05 Å². The summed E-state index contributed by atoms with van der Waals surface area (Å²) >= 11 is 2.80. The van der Waals surface area contributed by atoms with Crippen LogP contribution >= 0.6 is 23.1 Å². The average Bonchev–Trinajstić information content (AvgIpc) is 2.61. The number of aromatic nitrogens is 2. The molecule has 0 amide bonds. The molecule has 0 radical (unpaired) electrons. The van der Waals surface area contributed by atoms with E-state index in [0.717, 1.165) is 9.47 Å². The maximum absolute atomic E-state index is 8.27. The number of nitrogens with one attached hydrogen (secondary N) is 1. The molecule has 1 aromatic heterocycles. The number of anilines is 1. The van der Waals surface area contributed by atoms with Crippen LogP contribution in [0.2, 0.25) is 0 Å². The molecule has 4 N–H and O–H groups in total. The van der Waals surface area contributed by atoms with Gasteiger partial charge < -0.3 is 16.3 Å². The Morgan fingerprint density at radius 3 is 3.08 bits per heavy atom. The number of nitrogens with zero attached hydrogens (tertiary/aromatic N) is 3. The van der Waals surface area contributed by atoms with Crippen LogP contribution in [0.1, 0.15) is 0 Å². The normalized spacial score (nSPS) is 11.6. The van der Waals surface area contributed by atoms with E-state index in [0.29, 0.717) is 5.75 Å². The van der Waals surface area contributed by atoms with Crippen molar-refractivity contribution in [1.82, 2.24) is 10.2 Å². The van der Waals surface area contributed by atoms with Gasteiger partial charge >= 0.3 is 0 Å². The van der Waals surface area contributed by atoms with Crippen molar-refractivity contribution >= 4 is 34.1 Å². The Hall–Kier alpha value is -1.02. The maximum Gasteiger partial charge on any atom is 0.206 e. The highest BCUT2D eigenvalue weighted by Gasteiger charge is 2.03. The third-order valence-electron chi connectivity index (χ3n) is 1.09. The molecule has 72 valence electrons. The molecule has 1 heterocycles. The zero-order chi connectivity index (χ0) is 9.68. The molecule has 0 spiro atoms. The largest absolute Gasteiger partial charge is 0.409 e. The quantitative estimate of drug-likeness (QED) is 0.223. The van der Waals surface area contributed by atoms with Crippen LogP contribution < -0.4 is 11.1 Å². The van der Waals surface area contributed by atoms with Crippen LogP contribution in [0.15, 0.2) is 9.50 Å². The molecule has 0 bridgehead atoms. The second-order valence-electron chi connectivity index (χ2n) is 2.00. The first-order valence-corrected chi connectivity index (χ1v) is 5.17. The Labute approximate surface area is 83.2 Å². The SMILES string of the molecule is CNc1nnc(SC/C(N)=N/O)s1.